The Balaban J connectivity index is 0.000000207. The maximum absolute atomic E-state index is 2.21. The van der Waals surface area contributed by atoms with Crippen LogP contribution in [0.1, 0.15) is 49.9 Å². The Morgan fingerprint density at radius 2 is 0.656 bits per heavy atom. The van der Waals surface area contributed by atoms with E-state index in [9.17, 15) is 0 Å². The average Bonchev–Trinajstić information content (AvgIpc) is 2.83. The molecule has 4 rings (SSSR count). The first-order valence-corrected chi connectivity index (χ1v) is 11.3. The Morgan fingerprint density at radius 3 is 0.906 bits per heavy atom. The van der Waals surface area contributed by atoms with Crippen LogP contribution in [0.15, 0.2) is 97.1 Å². The maximum Gasteiger partial charge on any atom is -0.00991 e. The van der Waals surface area contributed by atoms with Crippen LogP contribution in [-0.4, -0.2) is 0 Å². The minimum absolute atomic E-state index is 1.26. The molecule has 0 N–H and O–H groups in total. The normalized spacial score (nSPS) is 11.9. The number of hydrogen-bond acceptors (Lipinski definition) is 0. The van der Waals surface area contributed by atoms with Crippen molar-refractivity contribution in [2.75, 3.05) is 0 Å². The lowest BCUT2D eigenvalue weighted by Gasteiger charge is -2.12. The molecular weight excluding hydrogens is 384 g/mol. The third-order valence-corrected chi connectivity index (χ3v) is 5.34. The topological polar surface area (TPSA) is 0 Å². The van der Waals surface area contributed by atoms with Gasteiger partial charge in [-0.25, -0.2) is 0 Å². The summed E-state index contributed by atoms with van der Waals surface area (Å²) in [4.78, 5) is 0. The Kier molecular flexibility index (Phi) is 8.40. The van der Waals surface area contributed by atoms with Crippen molar-refractivity contribution in [3.8, 4) is 0 Å². The van der Waals surface area contributed by atoms with Crippen molar-refractivity contribution >= 4 is 45.8 Å². The molecule has 0 saturated carbocycles. The molecule has 0 aliphatic heterocycles. The molecule has 0 radical (unpaired) electrons. The zero-order valence-electron chi connectivity index (χ0n) is 19.5. The maximum atomic E-state index is 2.21. The molecular formula is C32H32. The van der Waals surface area contributed by atoms with Gasteiger partial charge in [-0.05, 0) is 71.5 Å². The molecule has 0 heterocycles. The van der Waals surface area contributed by atoms with E-state index in [-0.39, 0.29) is 0 Å². The minimum Gasteiger partial charge on any atom is -0.0871 e. The summed E-state index contributed by atoms with van der Waals surface area (Å²) >= 11 is 0. The standard InChI is InChI=1S/C20H18.C12H14/c1-3-9-15-17-11-5-7-13-19(17)16(10-4-2)20-14-8-6-12-18(15)20;1-3-5-11-7-9-12(6-4-2)10-8-11/h3-14H,1-2H3;3-10H,1-2H3. The molecule has 4 aromatic rings. The Labute approximate surface area is 192 Å². The van der Waals surface area contributed by atoms with Crippen LogP contribution in [0, 0.1) is 0 Å². The molecule has 0 amide bonds. The van der Waals surface area contributed by atoms with Gasteiger partial charge < -0.3 is 0 Å². The van der Waals surface area contributed by atoms with E-state index in [0.717, 1.165) is 0 Å². The number of allylic oxidation sites excluding steroid dienone is 4. The highest BCUT2D eigenvalue weighted by Crippen LogP contribution is 2.34. The molecule has 4 aromatic carbocycles. The van der Waals surface area contributed by atoms with E-state index in [1.807, 2.05) is 26.0 Å². The Bertz CT molecular complexity index is 1120. The van der Waals surface area contributed by atoms with Crippen LogP contribution in [0.2, 0.25) is 0 Å². The van der Waals surface area contributed by atoms with E-state index < -0.39 is 0 Å². The summed E-state index contributed by atoms with van der Waals surface area (Å²) in [6, 6.07) is 25.8. The molecule has 0 nitrogen and oxygen atoms in total. The lowest BCUT2D eigenvalue weighted by Crippen LogP contribution is -1.88. The molecule has 0 spiro atoms. The van der Waals surface area contributed by atoms with Crippen LogP contribution in [0.3, 0.4) is 0 Å². The molecule has 0 fully saturated rings. The smallest absolute Gasteiger partial charge is 0.00991 e. The number of hydrogen-bond donors (Lipinski definition) is 0. The van der Waals surface area contributed by atoms with Gasteiger partial charge in [0.25, 0.3) is 0 Å². The molecule has 0 bridgehead atoms. The van der Waals surface area contributed by atoms with Crippen molar-refractivity contribution in [2.24, 2.45) is 0 Å². The summed E-state index contributed by atoms with van der Waals surface area (Å²) in [6.45, 7) is 8.20. The Hall–Kier alpha value is -3.64. The lowest BCUT2D eigenvalue weighted by molar-refractivity contribution is 1.60. The summed E-state index contributed by atoms with van der Waals surface area (Å²) in [5.74, 6) is 0. The first kappa shape index (κ1) is 23.0. The van der Waals surface area contributed by atoms with Gasteiger partial charge in [0.1, 0.15) is 0 Å². The fourth-order valence-electron chi connectivity index (χ4n) is 3.99. The molecule has 0 unspecified atom stereocenters. The van der Waals surface area contributed by atoms with Crippen molar-refractivity contribution in [1.82, 2.24) is 0 Å². The van der Waals surface area contributed by atoms with Crippen molar-refractivity contribution in [2.45, 2.75) is 27.7 Å². The summed E-state index contributed by atoms with van der Waals surface area (Å²) in [5, 5.41) is 5.27. The molecule has 0 atom stereocenters. The minimum atomic E-state index is 1.26. The van der Waals surface area contributed by atoms with Gasteiger partial charge in [0.15, 0.2) is 0 Å². The highest BCUT2D eigenvalue weighted by atomic mass is 14.1. The fourth-order valence-corrected chi connectivity index (χ4v) is 3.99. The summed E-state index contributed by atoms with van der Waals surface area (Å²) in [6.07, 6.45) is 16.9. The second-order valence-corrected chi connectivity index (χ2v) is 7.59. The summed E-state index contributed by atoms with van der Waals surface area (Å²) in [7, 11) is 0. The van der Waals surface area contributed by atoms with Gasteiger partial charge in [-0.3, -0.25) is 0 Å². The van der Waals surface area contributed by atoms with E-state index >= 15 is 0 Å². The van der Waals surface area contributed by atoms with E-state index in [2.05, 4.69) is 123 Å². The van der Waals surface area contributed by atoms with E-state index in [1.54, 1.807) is 0 Å². The van der Waals surface area contributed by atoms with Gasteiger partial charge in [0.05, 0.1) is 0 Å². The summed E-state index contributed by atoms with van der Waals surface area (Å²) < 4.78 is 0. The van der Waals surface area contributed by atoms with Gasteiger partial charge in [-0.2, -0.15) is 0 Å². The van der Waals surface area contributed by atoms with Crippen LogP contribution in [0.4, 0.5) is 0 Å². The number of fused-ring (bicyclic) bond motifs is 2. The van der Waals surface area contributed by atoms with Crippen LogP contribution in [0.25, 0.3) is 45.8 Å². The number of benzene rings is 4. The first-order valence-electron chi connectivity index (χ1n) is 11.3. The second-order valence-electron chi connectivity index (χ2n) is 7.59. The zero-order valence-corrected chi connectivity index (χ0v) is 19.5. The fraction of sp³-hybridized carbons (Fsp3) is 0.125. The quantitative estimate of drug-likeness (QED) is 0.290. The van der Waals surface area contributed by atoms with Crippen molar-refractivity contribution in [3.63, 3.8) is 0 Å². The zero-order chi connectivity index (χ0) is 22.8. The molecule has 160 valence electrons. The van der Waals surface area contributed by atoms with Crippen molar-refractivity contribution < 1.29 is 0 Å². The van der Waals surface area contributed by atoms with Gasteiger partial charge in [-0.1, -0.05) is 121 Å². The van der Waals surface area contributed by atoms with Crippen molar-refractivity contribution in [3.05, 3.63) is 119 Å². The van der Waals surface area contributed by atoms with Crippen LogP contribution in [-0.2, 0) is 0 Å². The molecule has 0 heteroatoms. The van der Waals surface area contributed by atoms with Crippen LogP contribution >= 0.6 is 0 Å². The third-order valence-electron chi connectivity index (χ3n) is 5.34. The van der Waals surface area contributed by atoms with Gasteiger partial charge in [-0.15, -0.1) is 0 Å². The van der Waals surface area contributed by atoms with E-state index in [1.165, 1.54) is 43.8 Å². The SMILES string of the molecule is CC=Cc1c2ccccc2c(C=CC)c2ccccc12.CC=Cc1ccc(C=CC)cc1. The first-order chi connectivity index (χ1) is 15.7. The van der Waals surface area contributed by atoms with E-state index in [0.29, 0.717) is 0 Å². The monoisotopic (exact) mass is 416 g/mol. The van der Waals surface area contributed by atoms with Gasteiger partial charge in [0.2, 0.25) is 0 Å². The van der Waals surface area contributed by atoms with Crippen molar-refractivity contribution in [1.29, 1.82) is 0 Å². The number of rotatable bonds is 4. The molecule has 0 saturated heterocycles. The van der Waals surface area contributed by atoms with Crippen LogP contribution in [0.5, 0.6) is 0 Å². The highest BCUT2D eigenvalue weighted by molar-refractivity contribution is 6.12. The molecule has 32 heavy (non-hydrogen) atoms. The van der Waals surface area contributed by atoms with Gasteiger partial charge >= 0.3 is 0 Å². The van der Waals surface area contributed by atoms with Crippen LogP contribution < -0.4 is 0 Å². The van der Waals surface area contributed by atoms with E-state index in [4.69, 9.17) is 0 Å². The predicted octanol–water partition coefficient (Wildman–Crippen LogP) is 9.81. The third kappa shape index (κ3) is 5.34. The molecule has 0 aromatic heterocycles. The predicted molar refractivity (Wildman–Crippen MR) is 147 cm³/mol. The second kappa shape index (κ2) is 11.7. The van der Waals surface area contributed by atoms with Gasteiger partial charge in [0, 0.05) is 0 Å². The highest BCUT2D eigenvalue weighted by Gasteiger charge is 2.09. The molecule has 0 aliphatic carbocycles. The Morgan fingerprint density at radius 1 is 0.375 bits per heavy atom. The largest absolute Gasteiger partial charge is 0.0871 e. The molecule has 0 aliphatic rings. The average molecular weight is 417 g/mol. The lowest BCUT2D eigenvalue weighted by atomic mass is 9.91. The summed E-state index contributed by atoms with van der Waals surface area (Å²) in [5.41, 5.74) is 5.13.